The number of aromatic nitrogens is 1. The summed E-state index contributed by atoms with van der Waals surface area (Å²) in [5, 5.41) is 7.55. The average Bonchev–Trinajstić information content (AvgIpc) is 2.23. The zero-order valence-electron chi connectivity index (χ0n) is 8.37. The highest BCUT2D eigenvalue weighted by Gasteiger charge is 2.15. The summed E-state index contributed by atoms with van der Waals surface area (Å²) in [4.78, 5) is 4.02. The van der Waals surface area contributed by atoms with Crippen LogP contribution in [0.1, 0.15) is 11.6 Å². The van der Waals surface area contributed by atoms with Crippen LogP contribution in [0.15, 0.2) is 12.3 Å². The molecular weight excluding hydrogens is 292 g/mol. The van der Waals surface area contributed by atoms with Crippen LogP contribution in [0.4, 0.5) is 0 Å². The molecule has 1 aromatic rings. The van der Waals surface area contributed by atoms with Crippen LogP contribution in [-0.2, 0) is 0 Å². The number of nitrogens with zero attached hydrogens (tertiary/aromatic N) is 1. The summed E-state index contributed by atoms with van der Waals surface area (Å²) < 4.78 is 0. The summed E-state index contributed by atoms with van der Waals surface area (Å²) >= 11 is 11.6. The molecule has 0 radical (unpaired) electrons. The van der Waals surface area contributed by atoms with Crippen molar-refractivity contribution in [1.29, 1.82) is 0 Å². The number of piperazine rings is 1. The number of hydrogen-bond donors (Lipinski definition) is 2. The van der Waals surface area contributed by atoms with E-state index in [1.54, 1.807) is 6.20 Å². The third-order valence-corrected chi connectivity index (χ3v) is 2.95. The van der Waals surface area contributed by atoms with Crippen LogP contribution in [0.3, 0.4) is 0 Å². The van der Waals surface area contributed by atoms with Gasteiger partial charge in [0.15, 0.2) is 0 Å². The fourth-order valence-electron chi connectivity index (χ4n) is 1.52. The molecule has 2 N–H and O–H groups in total. The highest BCUT2D eigenvalue weighted by atomic mass is 35.5. The van der Waals surface area contributed by atoms with Gasteiger partial charge in [0, 0.05) is 31.9 Å². The second kappa shape index (κ2) is 7.54. The summed E-state index contributed by atoms with van der Waals surface area (Å²) in [5.41, 5.74) is 1.08. The normalized spacial score (nSPS) is 19.5. The molecule has 0 aliphatic carbocycles. The largest absolute Gasteiger partial charge is 0.314 e. The van der Waals surface area contributed by atoms with E-state index in [4.69, 9.17) is 23.2 Å². The van der Waals surface area contributed by atoms with Gasteiger partial charge in [-0.25, -0.2) is 4.98 Å². The number of hydrogen-bond acceptors (Lipinski definition) is 3. The molecular formula is C9H13Cl4N3. The van der Waals surface area contributed by atoms with Crippen LogP contribution >= 0.6 is 48.0 Å². The fraction of sp³-hybridized carbons (Fsp3) is 0.444. The van der Waals surface area contributed by atoms with Gasteiger partial charge in [0.05, 0.1) is 5.02 Å². The first-order chi connectivity index (χ1) is 6.77. The Labute approximate surface area is 117 Å². The van der Waals surface area contributed by atoms with Gasteiger partial charge in [-0.15, -0.1) is 24.8 Å². The molecule has 16 heavy (non-hydrogen) atoms. The molecule has 1 aliphatic heterocycles. The third kappa shape index (κ3) is 3.91. The van der Waals surface area contributed by atoms with E-state index in [1.165, 1.54) is 0 Å². The predicted molar refractivity (Wildman–Crippen MR) is 72.4 cm³/mol. The molecule has 1 saturated heterocycles. The lowest BCUT2D eigenvalue weighted by molar-refractivity contribution is 0.429. The molecule has 92 valence electrons. The Bertz CT molecular complexity index is 329. The van der Waals surface area contributed by atoms with Gasteiger partial charge in [0.25, 0.3) is 0 Å². The first-order valence-corrected chi connectivity index (χ1v) is 5.28. The van der Waals surface area contributed by atoms with Crippen molar-refractivity contribution in [3.05, 3.63) is 28.0 Å². The second-order valence-corrected chi connectivity index (χ2v) is 4.02. The molecule has 1 fully saturated rings. The lowest BCUT2D eigenvalue weighted by Gasteiger charge is -2.24. The maximum Gasteiger partial charge on any atom is 0.147 e. The Kier molecular flexibility index (Phi) is 7.64. The minimum Gasteiger partial charge on any atom is -0.314 e. The van der Waals surface area contributed by atoms with E-state index in [1.807, 2.05) is 6.07 Å². The van der Waals surface area contributed by atoms with Crippen molar-refractivity contribution >= 4 is 48.0 Å². The second-order valence-electron chi connectivity index (χ2n) is 3.25. The average molecular weight is 305 g/mol. The molecule has 0 bridgehead atoms. The van der Waals surface area contributed by atoms with E-state index >= 15 is 0 Å². The van der Waals surface area contributed by atoms with E-state index < -0.39 is 0 Å². The molecule has 1 unspecified atom stereocenters. The Balaban J connectivity index is 0.00000112. The molecule has 0 spiro atoms. The van der Waals surface area contributed by atoms with Crippen molar-refractivity contribution in [3.8, 4) is 0 Å². The van der Waals surface area contributed by atoms with Gasteiger partial charge in [0.2, 0.25) is 0 Å². The van der Waals surface area contributed by atoms with Gasteiger partial charge in [-0.3, -0.25) is 0 Å². The Morgan fingerprint density at radius 2 is 2.00 bits per heavy atom. The van der Waals surface area contributed by atoms with Gasteiger partial charge in [-0.1, -0.05) is 23.2 Å². The molecule has 1 atom stereocenters. The van der Waals surface area contributed by atoms with Crippen LogP contribution in [0.2, 0.25) is 10.2 Å². The van der Waals surface area contributed by atoms with Crippen molar-refractivity contribution < 1.29 is 0 Å². The van der Waals surface area contributed by atoms with E-state index in [0.29, 0.717) is 10.2 Å². The smallest absolute Gasteiger partial charge is 0.147 e. The van der Waals surface area contributed by atoms with Gasteiger partial charge in [-0.05, 0) is 11.6 Å². The van der Waals surface area contributed by atoms with Crippen molar-refractivity contribution in [2.24, 2.45) is 0 Å². The van der Waals surface area contributed by atoms with Crippen LogP contribution in [-0.4, -0.2) is 24.6 Å². The van der Waals surface area contributed by atoms with E-state index in [-0.39, 0.29) is 30.9 Å². The van der Waals surface area contributed by atoms with Crippen molar-refractivity contribution in [1.82, 2.24) is 15.6 Å². The molecule has 0 amide bonds. The predicted octanol–water partition coefficient (Wildman–Crippen LogP) is 2.47. The molecule has 0 aromatic carbocycles. The van der Waals surface area contributed by atoms with Crippen LogP contribution < -0.4 is 10.6 Å². The Morgan fingerprint density at radius 3 is 2.56 bits per heavy atom. The summed E-state index contributed by atoms with van der Waals surface area (Å²) in [5.74, 6) is 0. The molecule has 0 saturated carbocycles. The Hall–Kier alpha value is 0.230. The third-order valence-electron chi connectivity index (χ3n) is 2.26. The van der Waals surface area contributed by atoms with E-state index in [2.05, 4.69) is 15.6 Å². The molecule has 7 heteroatoms. The maximum atomic E-state index is 5.89. The minimum absolute atomic E-state index is 0. The van der Waals surface area contributed by atoms with Crippen LogP contribution in [0, 0.1) is 0 Å². The van der Waals surface area contributed by atoms with Gasteiger partial charge >= 0.3 is 0 Å². The number of nitrogens with one attached hydrogen (secondary N) is 2. The first kappa shape index (κ1) is 16.2. The highest BCUT2D eigenvalue weighted by Crippen LogP contribution is 2.23. The summed E-state index contributed by atoms with van der Waals surface area (Å²) in [6, 6.07) is 2.15. The molecule has 3 nitrogen and oxygen atoms in total. The Morgan fingerprint density at radius 1 is 1.25 bits per heavy atom. The molecule has 2 heterocycles. The van der Waals surface area contributed by atoms with Crippen molar-refractivity contribution in [2.45, 2.75) is 6.04 Å². The van der Waals surface area contributed by atoms with Gasteiger partial charge < -0.3 is 10.6 Å². The van der Waals surface area contributed by atoms with E-state index in [9.17, 15) is 0 Å². The number of halogens is 4. The molecule has 1 aromatic heterocycles. The number of pyridine rings is 1. The first-order valence-electron chi connectivity index (χ1n) is 4.52. The maximum absolute atomic E-state index is 5.89. The minimum atomic E-state index is 0. The highest BCUT2D eigenvalue weighted by molar-refractivity contribution is 6.41. The topological polar surface area (TPSA) is 37.0 Å². The van der Waals surface area contributed by atoms with Gasteiger partial charge in [0.1, 0.15) is 5.15 Å². The van der Waals surface area contributed by atoms with Crippen molar-refractivity contribution in [2.75, 3.05) is 19.6 Å². The van der Waals surface area contributed by atoms with E-state index in [0.717, 1.165) is 25.2 Å². The lowest BCUT2D eigenvalue weighted by atomic mass is 10.1. The summed E-state index contributed by atoms with van der Waals surface area (Å²) in [6.07, 6.45) is 1.76. The lowest BCUT2D eigenvalue weighted by Crippen LogP contribution is -2.42. The van der Waals surface area contributed by atoms with Gasteiger partial charge in [-0.2, -0.15) is 0 Å². The van der Waals surface area contributed by atoms with Crippen LogP contribution in [0.25, 0.3) is 0 Å². The molecule has 2 rings (SSSR count). The molecule has 1 aliphatic rings. The fourth-order valence-corrected chi connectivity index (χ4v) is 1.79. The SMILES string of the molecule is Cl.Cl.Clc1cc(C2CNCCN2)cnc1Cl. The standard InChI is InChI=1S/C9H11Cl2N3.2ClH/c10-7-3-6(4-14-9(7)11)8-5-12-1-2-13-8;;/h3-4,8,12-13H,1-2,5H2;2*1H. The zero-order valence-corrected chi connectivity index (χ0v) is 11.5. The quantitative estimate of drug-likeness (QED) is 0.783. The monoisotopic (exact) mass is 303 g/mol. The zero-order chi connectivity index (χ0) is 9.97. The summed E-state index contributed by atoms with van der Waals surface area (Å²) in [6.45, 7) is 2.87. The van der Waals surface area contributed by atoms with Crippen molar-refractivity contribution in [3.63, 3.8) is 0 Å². The van der Waals surface area contributed by atoms with Crippen LogP contribution in [0.5, 0.6) is 0 Å². The summed E-state index contributed by atoms with van der Waals surface area (Å²) in [7, 11) is 0. The number of rotatable bonds is 1.